The minimum absolute atomic E-state index is 0.0470. The Hall–Kier alpha value is -0.610. The van der Waals surface area contributed by atoms with Crippen molar-refractivity contribution in [2.75, 3.05) is 20.7 Å². The van der Waals surface area contributed by atoms with E-state index in [4.69, 9.17) is 9.47 Å². The molecule has 110 valence electrons. The summed E-state index contributed by atoms with van der Waals surface area (Å²) in [5.74, 6) is -0.282. The van der Waals surface area contributed by atoms with Crippen LogP contribution in [0, 0.1) is 5.41 Å². The van der Waals surface area contributed by atoms with Crippen LogP contribution in [-0.4, -0.2) is 43.4 Å². The molecule has 4 heteroatoms. The smallest absolute Gasteiger partial charge is 0.230 e. The van der Waals surface area contributed by atoms with Crippen molar-refractivity contribution >= 4 is 5.91 Å². The van der Waals surface area contributed by atoms with Crippen LogP contribution in [0.3, 0.4) is 0 Å². The van der Waals surface area contributed by atoms with Gasteiger partial charge in [0.15, 0.2) is 5.79 Å². The molecule has 1 atom stereocenters. The maximum Gasteiger partial charge on any atom is 0.230 e. The lowest BCUT2D eigenvalue weighted by Crippen LogP contribution is -2.54. The molecule has 2 rings (SSSR count). The molecule has 1 aliphatic heterocycles. The SMILES string of the molecule is CN(C)C(=O)C(C)(C)[C@@H]1CCOC2(CCCCC2)O1. The molecular weight excluding hydrogens is 242 g/mol. The highest BCUT2D eigenvalue weighted by atomic mass is 16.7. The maximum atomic E-state index is 12.3. The molecule has 4 nitrogen and oxygen atoms in total. The summed E-state index contributed by atoms with van der Waals surface area (Å²) in [6.45, 7) is 4.68. The Labute approximate surface area is 116 Å². The van der Waals surface area contributed by atoms with Crippen molar-refractivity contribution in [2.24, 2.45) is 5.41 Å². The van der Waals surface area contributed by atoms with Gasteiger partial charge in [-0.3, -0.25) is 4.79 Å². The highest BCUT2D eigenvalue weighted by Gasteiger charge is 2.47. The van der Waals surface area contributed by atoms with Gasteiger partial charge in [0, 0.05) is 26.9 Å². The van der Waals surface area contributed by atoms with Gasteiger partial charge in [0.1, 0.15) is 0 Å². The van der Waals surface area contributed by atoms with Gasteiger partial charge in [-0.25, -0.2) is 0 Å². The fourth-order valence-corrected chi connectivity index (χ4v) is 3.28. The number of hydrogen-bond acceptors (Lipinski definition) is 3. The Balaban J connectivity index is 2.10. The largest absolute Gasteiger partial charge is 0.350 e. The van der Waals surface area contributed by atoms with Crippen LogP contribution in [0.15, 0.2) is 0 Å². The van der Waals surface area contributed by atoms with Crippen molar-refractivity contribution in [1.29, 1.82) is 0 Å². The molecule has 1 amide bonds. The van der Waals surface area contributed by atoms with Crippen LogP contribution < -0.4 is 0 Å². The van der Waals surface area contributed by atoms with Crippen LogP contribution in [0.2, 0.25) is 0 Å². The number of hydrogen-bond donors (Lipinski definition) is 0. The van der Waals surface area contributed by atoms with Gasteiger partial charge < -0.3 is 14.4 Å². The summed E-state index contributed by atoms with van der Waals surface area (Å²) in [5.41, 5.74) is -0.488. The third kappa shape index (κ3) is 2.95. The Morgan fingerprint density at radius 1 is 1.21 bits per heavy atom. The minimum atomic E-state index is -0.488. The lowest BCUT2D eigenvalue weighted by Gasteiger charge is -2.47. The third-order valence-electron chi connectivity index (χ3n) is 4.48. The van der Waals surface area contributed by atoms with Crippen molar-refractivity contribution in [3.8, 4) is 0 Å². The molecule has 0 aromatic heterocycles. The average molecular weight is 269 g/mol. The molecule has 0 aromatic carbocycles. The van der Waals surface area contributed by atoms with E-state index in [0.717, 1.165) is 32.1 Å². The zero-order chi connectivity index (χ0) is 14.1. The first-order valence-corrected chi connectivity index (χ1v) is 7.41. The third-order valence-corrected chi connectivity index (χ3v) is 4.48. The summed E-state index contributed by atoms with van der Waals surface area (Å²) in [7, 11) is 3.61. The predicted molar refractivity (Wildman–Crippen MR) is 73.7 cm³/mol. The van der Waals surface area contributed by atoms with E-state index in [2.05, 4.69) is 0 Å². The number of carbonyl (C=O) groups is 1. The molecule has 1 saturated heterocycles. The first-order valence-electron chi connectivity index (χ1n) is 7.41. The summed E-state index contributed by atoms with van der Waals surface area (Å²) in [6.07, 6.45) is 6.27. The summed E-state index contributed by atoms with van der Waals surface area (Å²) >= 11 is 0. The van der Waals surface area contributed by atoms with Crippen molar-refractivity contribution in [3.05, 3.63) is 0 Å². The molecule has 1 spiro atoms. The van der Waals surface area contributed by atoms with E-state index in [1.165, 1.54) is 6.42 Å². The first kappa shape index (κ1) is 14.8. The topological polar surface area (TPSA) is 38.8 Å². The zero-order valence-corrected chi connectivity index (χ0v) is 12.7. The highest BCUT2D eigenvalue weighted by molar-refractivity contribution is 5.82. The molecule has 0 N–H and O–H groups in total. The zero-order valence-electron chi connectivity index (χ0n) is 12.7. The molecule has 19 heavy (non-hydrogen) atoms. The number of nitrogens with zero attached hydrogens (tertiary/aromatic N) is 1. The molecule has 0 radical (unpaired) electrons. The standard InChI is InChI=1S/C15H27NO3/c1-14(2,13(17)16(3)4)12-8-11-18-15(19-12)9-6-5-7-10-15/h12H,5-11H2,1-4H3/t12-/m0/s1. The van der Waals surface area contributed by atoms with E-state index in [1.807, 2.05) is 13.8 Å². The van der Waals surface area contributed by atoms with Gasteiger partial charge in [-0.05, 0) is 33.1 Å². The van der Waals surface area contributed by atoms with Crippen molar-refractivity contribution < 1.29 is 14.3 Å². The van der Waals surface area contributed by atoms with Crippen LogP contribution in [0.1, 0.15) is 52.4 Å². The van der Waals surface area contributed by atoms with Gasteiger partial charge in [-0.2, -0.15) is 0 Å². The highest BCUT2D eigenvalue weighted by Crippen LogP contribution is 2.41. The molecule has 0 aromatic rings. The van der Waals surface area contributed by atoms with Gasteiger partial charge in [0.25, 0.3) is 0 Å². The van der Waals surface area contributed by atoms with Gasteiger partial charge >= 0.3 is 0 Å². The van der Waals surface area contributed by atoms with Gasteiger partial charge in [-0.15, -0.1) is 0 Å². The van der Waals surface area contributed by atoms with Crippen LogP contribution in [0.4, 0.5) is 0 Å². The molecule has 0 unspecified atom stereocenters. The first-order chi connectivity index (χ1) is 8.87. The molecule has 1 saturated carbocycles. The minimum Gasteiger partial charge on any atom is -0.350 e. The van der Waals surface area contributed by atoms with Crippen LogP contribution in [-0.2, 0) is 14.3 Å². The van der Waals surface area contributed by atoms with E-state index in [9.17, 15) is 4.79 Å². The Kier molecular flexibility index (Phi) is 4.21. The van der Waals surface area contributed by atoms with Crippen LogP contribution in [0.25, 0.3) is 0 Å². The number of amides is 1. The number of ether oxygens (including phenoxy) is 2. The molecule has 1 aliphatic carbocycles. The molecule has 0 bridgehead atoms. The van der Waals surface area contributed by atoms with Crippen molar-refractivity contribution in [3.63, 3.8) is 0 Å². The Morgan fingerprint density at radius 2 is 1.84 bits per heavy atom. The summed E-state index contributed by atoms with van der Waals surface area (Å²) in [6, 6.07) is 0. The second kappa shape index (κ2) is 5.41. The maximum absolute atomic E-state index is 12.3. The lowest BCUT2D eigenvalue weighted by atomic mass is 9.81. The lowest BCUT2D eigenvalue weighted by molar-refractivity contribution is -0.318. The van der Waals surface area contributed by atoms with Crippen LogP contribution >= 0.6 is 0 Å². The molecule has 2 aliphatic rings. The van der Waals surface area contributed by atoms with Crippen LogP contribution in [0.5, 0.6) is 0 Å². The van der Waals surface area contributed by atoms with Gasteiger partial charge in [-0.1, -0.05) is 6.42 Å². The Morgan fingerprint density at radius 3 is 2.42 bits per heavy atom. The van der Waals surface area contributed by atoms with E-state index >= 15 is 0 Å². The van der Waals surface area contributed by atoms with E-state index < -0.39 is 11.2 Å². The van der Waals surface area contributed by atoms with Gasteiger partial charge in [0.05, 0.1) is 18.1 Å². The average Bonchev–Trinajstić information content (AvgIpc) is 2.38. The summed E-state index contributed by atoms with van der Waals surface area (Å²) < 4.78 is 12.2. The van der Waals surface area contributed by atoms with Crippen molar-refractivity contribution in [2.45, 2.75) is 64.3 Å². The second-order valence-electron chi connectivity index (χ2n) is 6.64. The van der Waals surface area contributed by atoms with Crippen molar-refractivity contribution in [1.82, 2.24) is 4.90 Å². The van der Waals surface area contributed by atoms with E-state index in [-0.39, 0.29) is 12.0 Å². The van der Waals surface area contributed by atoms with E-state index in [0.29, 0.717) is 6.61 Å². The molecular formula is C15H27NO3. The summed E-state index contributed by atoms with van der Waals surface area (Å²) in [4.78, 5) is 14.0. The fraction of sp³-hybridized carbons (Fsp3) is 0.933. The molecule has 1 heterocycles. The Bertz CT molecular complexity index is 327. The van der Waals surface area contributed by atoms with E-state index in [1.54, 1.807) is 19.0 Å². The predicted octanol–water partition coefficient (Wildman–Crippen LogP) is 2.57. The number of rotatable bonds is 2. The second-order valence-corrected chi connectivity index (χ2v) is 6.64. The normalized spacial score (nSPS) is 27.3. The fourth-order valence-electron chi connectivity index (χ4n) is 3.28. The number of carbonyl (C=O) groups excluding carboxylic acids is 1. The van der Waals surface area contributed by atoms with Gasteiger partial charge in [0.2, 0.25) is 5.91 Å². The monoisotopic (exact) mass is 269 g/mol. The quantitative estimate of drug-likeness (QED) is 0.773. The summed E-state index contributed by atoms with van der Waals surface area (Å²) in [5, 5.41) is 0. The molecule has 2 fully saturated rings.